The summed E-state index contributed by atoms with van der Waals surface area (Å²) >= 11 is 0. The second-order valence-corrected chi connectivity index (χ2v) is 6.98. The zero-order valence-corrected chi connectivity index (χ0v) is 15.1. The van der Waals surface area contributed by atoms with Crippen molar-refractivity contribution in [1.29, 1.82) is 0 Å². The monoisotopic (exact) mass is 404 g/mol. The van der Waals surface area contributed by atoms with Crippen LogP contribution in [0.15, 0.2) is 27.4 Å². The molecule has 2 bridgehead atoms. The number of nitrogens with one attached hydrogen (secondary N) is 3. The van der Waals surface area contributed by atoms with E-state index in [1.807, 2.05) is 0 Å². The maximum Gasteiger partial charge on any atom is 0.434 e. The van der Waals surface area contributed by atoms with Gasteiger partial charge in [-0.25, -0.2) is 9.89 Å². The van der Waals surface area contributed by atoms with E-state index < -0.39 is 17.5 Å². The van der Waals surface area contributed by atoms with Gasteiger partial charge in [-0.05, 0) is 61.9 Å². The van der Waals surface area contributed by atoms with Crippen LogP contribution in [-0.4, -0.2) is 29.8 Å². The summed E-state index contributed by atoms with van der Waals surface area (Å²) < 4.78 is 45.0. The Morgan fingerprint density at radius 1 is 1.22 bits per heavy atom. The molecule has 0 radical (unpaired) electrons. The van der Waals surface area contributed by atoms with Crippen molar-refractivity contribution in [1.82, 2.24) is 15.5 Å². The summed E-state index contributed by atoms with van der Waals surface area (Å²) in [6.07, 6.45) is -2.23. The van der Waals surface area contributed by atoms with Gasteiger partial charge < -0.3 is 15.1 Å². The second kappa shape index (κ2) is 7.55. The number of fused-ring (bicyclic) bond motifs is 2. The first-order chi connectivity index (χ1) is 12.4. The number of hydrogen-bond donors (Lipinski definition) is 3. The molecule has 1 saturated carbocycles. The van der Waals surface area contributed by atoms with E-state index in [1.165, 1.54) is 12.1 Å². The minimum atomic E-state index is -4.47. The summed E-state index contributed by atoms with van der Waals surface area (Å²) in [6, 6.07) is 3.58. The summed E-state index contributed by atoms with van der Waals surface area (Å²) in [4.78, 5) is 11.1. The Morgan fingerprint density at radius 3 is 2.52 bits per heavy atom. The van der Waals surface area contributed by atoms with Crippen LogP contribution in [-0.2, 0) is 6.18 Å². The summed E-state index contributed by atoms with van der Waals surface area (Å²) in [5, 5.41) is 12.2. The molecule has 3 N–H and O–H groups in total. The quantitative estimate of drug-likeness (QED) is 0.729. The highest BCUT2D eigenvalue weighted by molar-refractivity contribution is 5.85. The molecule has 2 heterocycles. The predicted octanol–water partition coefficient (Wildman–Crippen LogP) is 3.13. The molecule has 1 aliphatic carbocycles. The lowest BCUT2D eigenvalue weighted by molar-refractivity contribution is -0.136. The molecule has 6 nitrogen and oxygen atoms in total. The molecule has 2 fully saturated rings. The molecule has 1 aromatic heterocycles. The van der Waals surface area contributed by atoms with Crippen LogP contribution >= 0.6 is 12.4 Å². The smallest absolute Gasteiger partial charge is 0.388 e. The highest BCUT2D eigenvalue weighted by Gasteiger charge is 2.39. The van der Waals surface area contributed by atoms with Crippen molar-refractivity contribution >= 4 is 18.1 Å². The van der Waals surface area contributed by atoms with Crippen LogP contribution in [0.2, 0.25) is 0 Å². The summed E-state index contributed by atoms with van der Waals surface area (Å²) in [7, 11) is 0. The highest BCUT2D eigenvalue weighted by Crippen LogP contribution is 2.41. The molecule has 2 aromatic rings. The third-order valence-corrected chi connectivity index (χ3v) is 5.47. The van der Waals surface area contributed by atoms with Gasteiger partial charge in [-0.1, -0.05) is 0 Å². The fourth-order valence-corrected chi connectivity index (χ4v) is 4.19. The van der Waals surface area contributed by atoms with Crippen molar-refractivity contribution in [3.05, 3.63) is 34.3 Å². The molecule has 1 saturated heterocycles. The third kappa shape index (κ3) is 3.98. The molecular formula is C17H20ClF3N4O2. The standard InChI is InChI=1S/C17H19F3N4O2.ClH/c18-17(19,20)13-4-3-9(15-23-24-16(25)26-15)5-14(13)22-8-12-10-1-2-11(12)7-21-6-10;/h3-5,10-12,21-22H,1-2,6-8H2,(H,24,25);1H. The summed E-state index contributed by atoms with van der Waals surface area (Å²) in [5.74, 6) is 0.588. The van der Waals surface area contributed by atoms with Gasteiger partial charge in [0.1, 0.15) is 0 Å². The Balaban J connectivity index is 0.00000210. The second-order valence-electron chi connectivity index (χ2n) is 6.98. The molecule has 0 amide bonds. The fraction of sp³-hybridized carbons (Fsp3) is 0.529. The van der Waals surface area contributed by atoms with Gasteiger partial charge >= 0.3 is 11.9 Å². The normalized spacial score (nSPS) is 24.5. The van der Waals surface area contributed by atoms with Crippen molar-refractivity contribution in [2.45, 2.75) is 19.0 Å². The average molecular weight is 405 g/mol. The number of hydrogen-bond acceptors (Lipinski definition) is 5. The Morgan fingerprint density at radius 2 is 1.93 bits per heavy atom. The van der Waals surface area contributed by atoms with Crippen LogP contribution in [0.1, 0.15) is 18.4 Å². The molecule has 2 atom stereocenters. The minimum absolute atomic E-state index is 0. The predicted molar refractivity (Wildman–Crippen MR) is 95.9 cm³/mol. The first-order valence-corrected chi connectivity index (χ1v) is 8.63. The van der Waals surface area contributed by atoms with Crippen molar-refractivity contribution in [3.8, 4) is 11.5 Å². The van der Waals surface area contributed by atoms with Gasteiger partial charge in [0, 0.05) is 17.8 Å². The Labute approximate surface area is 159 Å². The third-order valence-electron chi connectivity index (χ3n) is 5.47. The molecule has 2 unspecified atom stereocenters. The molecule has 10 heteroatoms. The molecule has 4 rings (SSSR count). The zero-order valence-electron chi connectivity index (χ0n) is 14.3. The first kappa shape index (κ1) is 19.8. The van der Waals surface area contributed by atoms with Gasteiger partial charge in [-0.2, -0.15) is 13.2 Å². The number of alkyl halides is 3. The van der Waals surface area contributed by atoms with E-state index in [1.54, 1.807) is 0 Å². The number of anilines is 1. The molecule has 148 valence electrons. The minimum Gasteiger partial charge on any atom is -0.388 e. The van der Waals surface area contributed by atoms with Crippen LogP contribution in [0.25, 0.3) is 11.5 Å². The molecule has 1 aromatic carbocycles. The van der Waals surface area contributed by atoms with Gasteiger partial charge in [0.2, 0.25) is 5.89 Å². The van der Waals surface area contributed by atoms with Gasteiger partial charge in [-0.3, -0.25) is 0 Å². The van der Waals surface area contributed by atoms with Crippen molar-refractivity contribution in [3.63, 3.8) is 0 Å². The zero-order chi connectivity index (χ0) is 18.3. The lowest BCUT2D eigenvalue weighted by Crippen LogP contribution is -2.41. The van der Waals surface area contributed by atoms with Crippen LogP contribution in [0.3, 0.4) is 0 Å². The molecular weight excluding hydrogens is 385 g/mol. The topological polar surface area (TPSA) is 83.0 Å². The van der Waals surface area contributed by atoms with Crippen LogP contribution in [0.4, 0.5) is 18.9 Å². The van der Waals surface area contributed by atoms with E-state index in [-0.39, 0.29) is 24.0 Å². The van der Waals surface area contributed by atoms with Gasteiger partial charge in [0.05, 0.1) is 5.56 Å². The molecule has 0 spiro atoms. The number of aromatic nitrogens is 2. The molecule has 2 aliphatic rings. The van der Waals surface area contributed by atoms with Gasteiger partial charge in [0.25, 0.3) is 0 Å². The lowest BCUT2D eigenvalue weighted by atomic mass is 9.86. The van der Waals surface area contributed by atoms with E-state index in [0.29, 0.717) is 29.9 Å². The summed E-state index contributed by atoms with van der Waals surface area (Å²) in [5.41, 5.74) is -0.439. The van der Waals surface area contributed by atoms with Crippen molar-refractivity contribution < 1.29 is 17.6 Å². The number of aromatic amines is 1. The maximum absolute atomic E-state index is 13.4. The van der Waals surface area contributed by atoms with Gasteiger partial charge in [-0.15, -0.1) is 17.5 Å². The van der Waals surface area contributed by atoms with E-state index >= 15 is 0 Å². The lowest BCUT2D eigenvalue weighted by Gasteiger charge is -2.31. The van der Waals surface area contributed by atoms with Crippen molar-refractivity contribution in [2.24, 2.45) is 17.8 Å². The number of benzene rings is 1. The Kier molecular flexibility index (Phi) is 5.53. The fourth-order valence-electron chi connectivity index (χ4n) is 4.19. The average Bonchev–Trinajstić information content (AvgIpc) is 3.11. The number of halogens is 4. The number of piperidine rings is 1. The van der Waals surface area contributed by atoms with E-state index in [9.17, 15) is 18.0 Å². The molecule has 1 aliphatic heterocycles. The van der Waals surface area contributed by atoms with Crippen LogP contribution < -0.4 is 16.4 Å². The first-order valence-electron chi connectivity index (χ1n) is 8.63. The number of nitrogens with zero attached hydrogens (tertiary/aromatic N) is 1. The van der Waals surface area contributed by atoms with E-state index in [0.717, 1.165) is 32.0 Å². The molecule has 27 heavy (non-hydrogen) atoms. The Bertz CT molecular complexity index is 835. The maximum atomic E-state index is 13.4. The van der Waals surface area contributed by atoms with E-state index in [4.69, 9.17) is 4.42 Å². The van der Waals surface area contributed by atoms with Crippen LogP contribution in [0.5, 0.6) is 0 Å². The van der Waals surface area contributed by atoms with Gasteiger partial charge in [0.15, 0.2) is 0 Å². The summed E-state index contributed by atoms with van der Waals surface area (Å²) in [6.45, 7) is 2.34. The van der Waals surface area contributed by atoms with E-state index in [2.05, 4.69) is 20.8 Å². The van der Waals surface area contributed by atoms with Crippen LogP contribution in [0, 0.1) is 17.8 Å². The van der Waals surface area contributed by atoms with Crippen molar-refractivity contribution in [2.75, 3.05) is 25.0 Å². The number of H-pyrrole nitrogens is 1. The number of rotatable bonds is 4. The SMILES string of the molecule is Cl.O=c1[nH]nc(-c2ccc(C(F)(F)F)c(NCC3C4CCC3CNC4)c2)o1. The Hall–Kier alpha value is -2.00. The highest BCUT2D eigenvalue weighted by atomic mass is 35.5. The largest absolute Gasteiger partial charge is 0.434 e.